The standard InChI is InChI=1S/C22H26N4O4/c1-22(2,3)30-21(27)24-14-9-7-8-13(10-14)19-15-11-17(28-5)18(29-6)12-16(15)25-20(23-4)26-19/h7-12H,1-6H3,(H,24,27)(H,23,25,26). The highest BCUT2D eigenvalue weighted by atomic mass is 16.6. The fraction of sp³-hybridized carbons (Fsp3) is 0.318. The average molecular weight is 410 g/mol. The van der Waals surface area contributed by atoms with E-state index in [-0.39, 0.29) is 0 Å². The molecule has 8 nitrogen and oxygen atoms in total. The summed E-state index contributed by atoms with van der Waals surface area (Å²) in [7, 11) is 4.92. The number of carbonyl (C=O) groups excluding carboxylic acids is 1. The van der Waals surface area contributed by atoms with Crippen molar-refractivity contribution in [2.75, 3.05) is 31.9 Å². The van der Waals surface area contributed by atoms with Crippen molar-refractivity contribution < 1.29 is 19.0 Å². The lowest BCUT2D eigenvalue weighted by atomic mass is 10.1. The summed E-state index contributed by atoms with van der Waals surface area (Å²) in [5.41, 5.74) is 2.22. The van der Waals surface area contributed by atoms with Crippen molar-refractivity contribution in [2.45, 2.75) is 26.4 Å². The fourth-order valence-corrected chi connectivity index (χ4v) is 2.95. The number of aromatic nitrogens is 2. The molecule has 0 spiro atoms. The predicted octanol–water partition coefficient (Wildman–Crippen LogP) is 4.70. The smallest absolute Gasteiger partial charge is 0.412 e. The van der Waals surface area contributed by atoms with Crippen LogP contribution in [0.4, 0.5) is 16.4 Å². The molecule has 0 saturated heterocycles. The van der Waals surface area contributed by atoms with E-state index in [1.165, 1.54) is 0 Å². The molecular weight excluding hydrogens is 384 g/mol. The Hall–Kier alpha value is -3.55. The number of fused-ring (bicyclic) bond motifs is 1. The second kappa shape index (κ2) is 8.44. The molecule has 0 aliphatic rings. The summed E-state index contributed by atoms with van der Waals surface area (Å²) in [6.07, 6.45) is -0.519. The molecule has 2 N–H and O–H groups in total. The molecule has 3 aromatic rings. The minimum atomic E-state index is -0.581. The molecule has 0 saturated carbocycles. The number of anilines is 2. The summed E-state index contributed by atoms with van der Waals surface area (Å²) in [5.74, 6) is 1.63. The van der Waals surface area contributed by atoms with E-state index < -0.39 is 11.7 Å². The van der Waals surface area contributed by atoms with Crippen LogP contribution in [0, 0.1) is 0 Å². The molecule has 0 atom stereocenters. The second-order valence-electron chi connectivity index (χ2n) is 7.58. The summed E-state index contributed by atoms with van der Waals surface area (Å²) in [6, 6.07) is 11.0. The number of amides is 1. The summed E-state index contributed by atoms with van der Waals surface area (Å²) >= 11 is 0. The predicted molar refractivity (Wildman–Crippen MR) is 117 cm³/mol. The molecular formula is C22H26N4O4. The third-order valence-corrected chi connectivity index (χ3v) is 4.21. The molecule has 158 valence electrons. The van der Waals surface area contributed by atoms with Gasteiger partial charge in [0.05, 0.1) is 25.4 Å². The van der Waals surface area contributed by atoms with Gasteiger partial charge in [0.15, 0.2) is 11.5 Å². The highest BCUT2D eigenvalue weighted by Gasteiger charge is 2.17. The normalized spacial score (nSPS) is 11.1. The largest absolute Gasteiger partial charge is 0.493 e. The second-order valence-corrected chi connectivity index (χ2v) is 7.58. The molecule has 1 amide bonds. The average Bonchev–Trinajstić information content (AvgIpc) is 2.70. The maximum absolute atomic E-state index is 12.1. The van der Waals surface area contributed by atoms with E-state index in [0.717, 1.165) is 10.9 Å². The van der Waals surface area contributed by atoms with Crippen LogP contribution in [0.1, 0.15) is 20.8 Å². The van der Waals surface area contributed by atoms with Gasteiger partial charge in [0.1, 0.15) is 5.60 Å². The highest BCUT2D eigenvalue weighted by Crippen LogP contribution is 2.36. The van der Waals surface area contributed by atoms with Crippen LogP contribution in [0.5, 0.6) is 11.5 Å². The van der Waals surface area contributed by atoms with Gasteiger partial charge >= 0.3 is 6.09 Å². The Bertz CT molecular complexity index is 1080. The molecule has 0 fully saturated rings. The van der Waals surface area contributed by atoms with Crippen LogP contribution in [-0.2, 0) is 4.74 Å². The van der Waals surface area contributed by atoms with Gasteiger partial charge in [0, 0.05) is 29.8 Å². The van der Waals surface area contributed by atoms with Gasteiger partial charge in [-0.25, -0.2) is 14.8 Å². The quantitative estimate of drug-likeness (QED) is 0.629. The Morgan fingerprint density at radius 1 is 1.00 bits per heavy atom. The Labute approximate surface area is 175 Å². The van der Waals surface area contributed by atoms with Crippen LogP contribution in [-0.4, -0.2) is 42.9 Å². The maximum Gasteiger partial charge on any atom is 0.412 e. The Morgan fingerprint density at radius 2 is 1.70 bits per heavy atom. The topological polar surface area (TPSA) is 94.6 Å². The van der Waals surface area contributed by atoms with Crippen LogP contribution in [0.2, 0.25) is 0 Å². The van der Waals surface area contributed by atoms with Gasteiger partial charge in [0.25, 0.3) is 0 Å². The number of nitrogens with one attached hydrogen (secondary N) is 2. The van der Waals surface area contributed by atoms with Crippen molar-refractivity contribution in [1.29, 1.82) is 0 Å². The van der Waals surface area contributed by atoms with Gasteiger partial charge in [-0.1, -0.05) is 12.1 Å². The van der Waals surface area contributed by atoms with E-state index in [0.29, 0.717) is 34.3 Å². The van der Waals surface area contributed by atoms with Gasteiger partial charge in [-0.05, 0) is 39.0 Å². The summed E-state index contributed by atoms with van der Waals surface area (Å²) in [5, 5.41) is 6.54. The first kappa shape index (κ1) is 21.2. The molecule has 1 heterocycles. The van der Waals surface area contributed by atoms with E-state index in [1.807, 2.05) is 51.1 Å². The summed E-state index contributed by atoms with van der Waals surface area (Å²) in [6.45, 7) is 5.45. The Morgan fingerprint density at radius 3 is 2.33 bits per heavy atom. The van der Waals surface area contributed by atoms with Crippen molar-refractivity contribution in [3.63, 3.8) is 0 Å². The van der Waals surface area contributed by atoms with Gasteiger partial charge in [-0.15, -0.1) is 0 Å². The molecule has 0 unspecified atom stereocenters. The van der Waals surface area contributed by atoms with Crippen molar-refractivity contribution in [3.8, 4) is 22.8 Å². The van der Waals surface area contributed by atoms with Gasteiger partial charge < -0.3 is 19.5 Å². The minimum Gasteiger partial charge on any atom is -0.493 e. The zero-order valence-corrected chi connectivity index (χ0v) is 18.0. The van der Waals surface area contributed by atoms with Crippen LogP contribution in [0.25, 0.3) is 22.2 Å². The Kier molecular flexibility index (Phi) is 5.96. The zero-order chi connectivity index (χ0) is 21.9. The molecule has 0 radical (unpaired) electrons. The highest BCUT2D eigenvalue weighted by molar-refractivity contribution is 5.96. The van der Waals surface area contributed by atoms with E-state index >= 15 is 0 Å². The zero-order valence-electron chi connectivity index (χ0n) is 18.0. The lowest BCUT2D eigenvalue weighted by Gasteiger charge is -2.20. The summed E-state index contributed by atoms with van der Waals surface area (Å²) in [4.78, 5) is 21.3. The number of hydrogen-bond acceptors (Lipinski definition) is 7. The molecule has 1 aromatic heterocycles. The van der Waals surface area contributed by atoms with Crippen LogP contribution in [0.3, 0.4) is 0 Å². The van der Waals surface area contributed by atoms with Crippen molar-refractivity contribution in [1.82, 2.24) is 9.97 Å². The maximum atomic E-state index is 12.1. The molecule has 2 aromatic carbocycles. The number of ether oxygens (including phenoxy) is 3. The third kappa shape index (κ3) is 4.71. The monoisotopic (exact) mass is 410 g/mol. The number of benzene rings is 2. The van der Waals surface area contributed by atoms with E-state index in [4.69, 9.17) is 14.2 Å². The first-order valence-corrected chi connectivity index (χ1v) is 9.46. The van der Waals surface area contributed by atoms with E-state index in [9.17, 15) is 4.79 Å². The molecule has 0 aliphatic heterocycles. The lowest BCUT2D eigenvalue weighted by molar-refractivity contribution is 0.0636. The molecule has 0 aliphatic carbocycles. The molecule has 8 heteroatoms. The van der Waals surface area contributed by atoms with Crippen LogP contribution >= 0.6 is 0 Å². The molecule has 3 rings (SSSR count). The van der Waals surface area contributed by atoms with Crippen molar-refractivity contribution in [3.05, 3.63) is 36.4 Å². The SMILES string of the molecule is CNc1nc(-c2cccc(NC(=O)OC(C)(C)C)c2)c2cc(OC)c(OC)cc2n1. The lowest BCUT2D eigenvalue weighted by Crippen LogP contribution is -2.27. The number of rotatable bonds is 5. The fourth-order valence-electron chi connectivity index (χ4n) is 2.95. The van der Waals surface area contributed by atoms with Crippen LogP contribution < -0.4 is 20.1 Å². The van der Waals surface area contributed by atoms with Crippen molar-refractivity contribution in [2.24, 2.45) is 0 Å². The molecule has 30 heavy (non-hydrogen) atoms. The number of carbonyl (C=O) groups is 1. The van der Waals surface area contributed by atoms with Gasteiger partial charge in [0.2, 0.25) is 5.95 Å². The van der Waals surface area contributed by atoms with E-state index in [1.54, 1.807) is 27.3 Å². The van der Waals surface area contributed by atoms with Crippen LogP contribution in [0.15, 0.2) is 36.4 Å². The third-order valence-electron chi connectivity index (χ3n) is 4.21. The van der Waals surface area contributed by atoms with Gasteiger partial charge in [-0.3, -0.25) is 5.32 Å². The Balaban J connectivity index is 2.08. The number of methoxy groups -OCH3 is 2. The van der Waals surface area contributed by atoms with Gasteiger partial charge in [-0.2, -0.15) is 0 Å². The summed E-state index contributed by atoms with van der Waals surface area (Å²) < 4.78 is 16.2. The first-order chi connectivity index (χ1) is 14.2. The molecule has 0 bridgehead atoms. The number of nitrogens with zero attached hydrogens (tertiary/aromatic N) is 2. The number of hydrogen-bond donors (Lipinski definition) is 2. The van der Waals surface area contributed by atoms with E-state index in [2.05, 4.69) is 20.6 Å². The first-order valence-electron chi connectivity index (χ1n) is 9.46. The van der Waals surface area contributed by atoms with Crippen molar-refractivity contribution >= 4 is 28.6 Å². The minimum absolute atomic E-state index is 0.468.